The van der Waals surface area contributed by atoms with Gasteiger partial charge in [-0.25, -0.2) is 9.38 Å². The van der Waals surface area contributed by atoms with Gasteiger partial charge in [0.05, 0.1) is 6.54 Å². The van der Waals surface area contributed by atoms with Crippen molar-refractivity contribution >= 4 is 5.96 Å². The van der Waals surface area contributed by atoms with Crippen LogP contribution in [0.25, 0.3) is 0 Å². The maximum absolute atomic E-state index is 12.9. The molecule has 0 aliphatic heterocycles. The normalized spacial score (nSPS) is 11.3. The third-order valence-electron chi connectivity index (χ3n) is 3.23. The molecule has 0 spiro atoms. The second kappa shape index (κ2) is 8.82. The number of nitrogens with one attached hydrogen (secondary N) is 2. The summed E-state index contributed by atoms with van der Waals surface area (Å²) in [5.74, 6) is 0.600. The fourth-order valence-electron chi connectivity index (χ4n) is 2.07. The topological polar surface area (TPSA) is 36.4 Å². The zero-order valence-electron chi connectivity index (χ0n) is 12.8. The molecule has 22 heavy (non-hydrogen) atoms. The van der Waals surface area contributed by atoms with Crippen LogP contribution in [0.3, 0.4) is 0 Å². The van der Waals surface area contributed by atoms with E-state index in [0.29, 0.717) is 6.54 Å². The molecule has 0 amide bonds. The molecule has 0 bridgehead atoms. The summed E-state index contributed by atoms with van der Waals surface area (Å²) >= 11 is 0. The van der Waals surface area contributed by atoms with Gasteiger partial charge in [-0.05, 0) is 36.6 Å². The highest BCUT2D eigenvalue weighted by molar-refractivity contribution is 5.79. The second-order valence-electron chi connectivity index (χ2n) is 4.98. The van der Waals surface area contributed by atoms with Crippen molar-refractivity contribution in [2.75, 3.05) is 13.1 Å². The Morgan fingerprint density at radius 1 is 0.955 bits per heavy atom. The smallest absolute Gasteiger partial charge is 0.191 e. The van der Waals surface area contributed by atoms with Gasteiger partial charge in [0.15, 0.2) is 5.96 Å². The molecule has 0 aliphatic rings. The molecule has 0 radical (unpaired) electrons. The summed E-state index contributed by atoms with van der Waals surface area (Å²) in [7, 11) is 0. The lowest BCUT2D eigenvalue weighted by atomic mass is 10.1. The van der Waals surface area contributed by atoms with Crippen LogP contribution in [0.5, 0.6) is 0 Å². The van der Waals surface area contributed by atoms with Crippen molar-refractivity contribution in [3.8, 4) is 0 Å². The van der Waals surface area contributed by atoms with E-state index in [1.807, 2.05) is 37.3 Å². The molecular formula is C18H22FN3. The van der Waals surface area contributed by atoms with Crippen LogP contribution in [0.4, 0.5) is 4.39 Å². The average Bonchev–Trinajstić information content (AvgIpc) is 2.55. The van der Waals surface area contributed by atoms with Gasteiger partial charge in [0, 0.05) is 13.1 Å². The van der Waals surface area contributed by atoms with Crippen molar-refractivity contribution < 1.29 is 4.39 Å². The second-order valence-corrected chi connectivity index (χ2v) is 4.98. The highest BCUT2D eigenvalue weighted by Crippen LogP contribution is 2.03. The Kier molecular flexibility index (Phi) is 6.42. The van der Waals surface area contributed by atoms with Gasteiger partial charge in [-0.2, -0.15) is 0 Å². The predicted octanol–water partition coefficient (Wildman–Crippen LogP) is 3.12. The summed E-state index contributed by atoms with van der Waals surface area (Å²) in [6, 6.07) is 16.8. The third kappa shape index (κ3) is 5.56. The minimum Gasteiger partial charge on any atom is -0.357 e. The molecule has 2 N–H and O–H groups in total. The van der Waals surface area contributed by atoms with E-state index in [2.05, 4.69) is 27.8 Å². The zero-order chi connectivity index (χ0) is 15.6. The van der Waals surface area contributed by atoms with E-state index in [4.69, 9.17) is 0 Å². The Morgan fingerprint density at radius 2 is 1.68 bits per heavy atom. The lowest BCUT2D eigenvalue weighted by Gasteiger charge is -2.11. The first-order valence-electron chi connectivity index (χ1n) is 7.58. The number of hydrogen-bond donors (Lipinski definition) is 2. The Labute approximate surface area is 131 Å². The molecule has 0 saturated heterocycles. The van der Waals surface area contributed by atoms with E-state index in [0.717, 1.165) is 31.0 Å². The molecule has 4 heteroatoms. The van der Waals surface area contributed by atoms with Crippen LogP contribution < -0.4 is 10.6 Å². The highest BCUT2D eigenvalue weighted by Gasteiger charge is 1.98. The van der Waals surface area contributed by atoms with E-state index in [-0.39, 0.29) is 5.82 Å². The largest absolute Gasteiger partial charge is 0.357 e. The van der Waals surface area contributed by atoms with E-state index >= 15 is 0 Å². The molecule has 2 aromatic rings. The minimum absolute atomic E-state index is 0.200. The minimum atomic E-state index is -0.200. The molecule has 0 fully saturated rings. The Hall–Kier alpha value is -2.36. The predicted molar refractivity (Wildman–Crippen MR) is 89.4 cm³/mol. The lowest BCUT2D eigenvalue weighted by Crippen LogP contribution is -2.38. The number of nitrogens with zero attached hydrogens (tertiary/aromatic N) is 1. The summed E-state index contributed by atoms with van der Waals surface area (Å²) in [5.41, 5.74) is 2.28. The molecular weight excluding hydrogens is 277 g/mol. The molecule has 2 rings (SSSR count). The molecule has 0 atom stereocenters. The van der Waals surface area contributed by atoms with Crippen LogP contribution in [0.15, 0.2) is 59.6 Å². The Balaban J connectivity index is 1.84. The van der Waals surface area contributed by atoms with Crippen LogP contribution in [0.1, 0.15) is 18.1 Å². The van der Waals surface area contributed by atoms with Crippen molar-refractivity contribution in [3.05, 3.63) is 71.5 Å². The van der Waals surface area contributed by atoms with E-state index < -0.39 is 0 Å². The van der Waals surface area contributed by atoms with Crippen LogP contribution in [-0.4, -0.2) is 19.0 Å². The molecule has 0 aliphatic carbocycles. The monoisotopic (exact) mass is 299 g/mol. The molecule has 2 aromatic carbocycles. The number of hydrogen-bond acceptors (Lipinski definition) is 1. The Bertz CT molecular complexity index is 579. The van der Waals surface area contributed by atoms with Crippen molar-refractivity contribution in [1.29, 1.82) is 0 Å². The number of rotatable bonds is 6. The van der Waals surface area contributed by atoms with Gasteiger partial charge >= 0.3 is 0 Å². The SMILES string of the molecule is CCNC(=NCc1ccccc1)NCCc1ccc(F)cc1. The zero-order valence-corrected chi connectivity index (χ0v) is 12.8. The summed E-state index contributed by atoms with van der Waals surface area (Å²) in [5, 5.41) is 6.53. The summed E-state index contributed by atoms with van der Waals surface area (Å²) in [4.78, 5) is 4.56. The van der Waals surface area contributed by atoms with Crippen molar-refractivity contribution in [2.45, 2.75) is 19.9 Å². The van der Waals surface area contributed by atoms with Crippen LogP contribution in [0.2, 0.25) is 0 Å². The third-order valence-corrected chi connectivity index (χ3v) is 3.23. The number of benzene rings is 2. The van der Waals surface area contributed by atoms with Gasteiger partial charge < -0.3 is 10.6 Å². The van der Waals surface area contributed by atoms with Gasteiger partial charge in [0.25, 0.3) is 0 Å². The van der Waals surface area contributed by atoms with E-state index in [1.54, 1.807) is 0 Å². The fourth-order valence-corrected chi connectivity index (χ4v) is 2.07. The van der Waals surface area contributed by atoms with Gasteiger partial charge in [0.1, 0.15) is 5.82 Å². The molecule has 116 valence electrons. The average molecular weight is 299 g/mol. The molecule has 3 nitrogen and oxygen atoms in total. The number of halogens is 1. The first-order chi connectivity index (χ1) is 10.8. The molecule has 0 heterocycles. The van der Waals surface area contributed by atoms with Crippen molar-refractivity contribution in [3.63, 3.8) is 0 Å². The van der Waals surface area contributed by atoms with Crippen molar-refractivity contribution in [2.24, 2.45) is 4.99 Å². The summed E-state index contributed by atoms with van der Waals surface area (Å²) in [6.45, 7) is 4.26. The van der Waals surface area contributed by atoms with Crippen LogP contribution in [0, 0.1) is 5.82 Å². The van der Waals surface area contributed by atoms with Crippen LogP contribution >= 0.6 is 0 Å². The maximum atomic E-state index is 12.9. The standard InChI is InChI=1S/C18H22FN3/c1-2-20-18(22-14-16-6-4-3-5-7-16)21-13-12-15-8-10-17(19)11-9-15/h3-11H,2,12-14H2,1H3,(H2,20,21,22). The lowest BCUT2D eigenvalue weighted by molar-refractivity contribution is 0.626. The number of aliphatic imine (C=N–C) groups is 1. The van der Waals surface area contributed by atoms with Crippen molar-refractivity contribution in [1.82, 2.24) is 10.6 Å². The number of guanidine groups is 1. The molecule has 0 unspecified atom stereocenters. The van der Waals surface area contributed by atoms with Gasteiger partial charge in [-0.1, -0.05) is 42.5 Å². The fraction of sp³-hybridized carbons (Fsp3) is 0.278. The summed E-state index contributed by atoms with van der Waals surface area (Å²) in [6.07, 6.45) is 0.829. The first-order valence-corrected chi connectivity index (χ1v) is 7.58. The van der Waals surface area contributed by atoms with Gasteiger partial charge in [-0.15, -0.1) is 0 Å². The molecule has 0 aromatic heterocycles. The van der Waals surface area contributed by atoms with E-state index in [9.17, 15) is 4.39 Å². The highest BCUT2D eigenvalue weighted by atomic mass is 19.1. The maximum Gasteiger partial charge on any atom is 0.191 e. The molecule has 0 saturated carbocycles. The summed E-state index contributed by atoms with van der Waals surface area (Å²) < 4.78 is 12.9. The van der Waals surface area contributed by atoms with Crippen LogP contribution in [-0.2, 0) is 13.0 Å². The van der Waals surface area contributed by atoms with Gasteiger partial charge in [0.2, 0.25) is 0 Å². The first kappa shape index (κ1) is 16.0. The Morgan fingerprint density at radius 3 is 2.36 bits per heavy atom. The van der Waals surface area contributed by atoms with Gasteiger partial charge in [-0.3, -0.25) is 0 Å². The quantitative estimate of drug-likeness (QED) is 0.635. The van der Waals surface area contributed by atoms with E-state index in [1.165, 1.54) is 17.7 Å².